The standard InChI is InChI=1S/C15H18N4O/c1-10(9-20-2)8-19-14-11-5-3-4-6-12(11)17-7-13(14)18-15(19)16/h3-7,10H,8-9H2,1-2H3,(H2,16,18). The third-order valence-electron chi connectivity index (χ3n) is 3.45. The van der Waals surface area contributed by atoms with Crippen LogP contribution in [0.5, 0.6) is 0 Å². The molecule has 0 saturated carbocycles. The molecule has 0 amide bonds. The Hall–Kier alpha value is -2.14. The molecule has 0 bridgehead atoms. The minimum Gasteiger partial charge on any atom is -0.384 e. The molecule has 0 aliphatic carbocycles. The van der Waals surface area contributed by atoms with E-state index in [4.69, 9.17) is 10.5 Å². The maximum atomic E-state index is 6.07. The first-order chi connectivity index (χ1) is 9.70. The van der Waals surface area contributed by atoms with Crippen molar-refractivity contribution in [1.82, 2.24) is 14.5 Å². The number of aromatic nitrogens is 3. The van der Waals surface area contributed by atoms with Gasteiger partial charge in [-0.2, -0.15) is 0 Å². The van der Waals surface area contributed by atoms with Crippen LogP contribution in [0.4, 0.5) is 5.95 Å². The lowest BCUT2D eigenvalue weighted by Crippen LogP contribution is -2.14. The highest BCUT2D eigenvalue weighted by molar-refractivity contribution is 6.02. The van der Waals surface area contributed by atoms with E-state index in [0.717, 1.165) is 28.5 Å². The molecule has 0 fully saturated rings. The molecule has 104 valence electrons. The van der Waals surface area contributed by atoms with Crippen molar-refractivity contribution in [2.45, 2.75) is 13.5 Å². The fourth-order valence-electron chi connectivity index (χ4n) is 2.61. The van der Waals surface area contributed by atoms with Gasteiger partial charge in [-0.05, 0) is 12.0 Å². The van der Waals surface area contributed by atoms with Gasteiger partial charge in [-0.3, -0.25) is 4.98 Å². The first-order valence-electron chi connectivity index (χ1n) is 6.69. The molecule has 5 heteroatoms. The van der Waals surface area contributed by atoms with Gasteiger partial charge in [0.15, 0.2) is 0 Å². The van der Waals surface area contributed by atoms with E-state index in [1.54, 1.807) is 13.3 Å². The molecule has 0 radical (unpaired) electrons. The minimum atomic E-state index is 0.367. The fourth-order valence-corrected chi connectivity index (χ4v) is 2.61. The predicted molar refractivity (Wildman–Crippen MR) is 80.5 cm³/mol. The van der Waals surface area contributed by atoms with E-state index in [1.165, 1.54) is 0 Å². The molecule has 0 spiro atoms. The third kappa shape index (κ3) is 2.10. The first-order valence-corrected chi connectivity index (χ1v) is 6.69. The summed E-state index contributed by atoms with van der Waals surface area (Å²) in [5.41, 5.74) is 8.92. The molecule has 1 atom stereocenters. The molecule has 0 saturated heterocycles. The van der Waals surface area contributed by atoms with Crippen molar-refractivity contribution in [2.24, 2.45) is 5.92 Å². The first kappa shape index (κ1) is 12.9. The number of ether oxygens (including phenoxy) is 1. The zero-order chi connectivity index (χ0) is 14.1. The lowest BCUT2D eigenvalue weighted by atomic mass is 10.1. The Balaban J connectivity index is 2.19. The minimum absolute atomic E-state index is 0.367. The summed E-state index contributed by atoms with van der Waals surface area (Å²) >= 11 is 0. The Morgan fingerprint density at radius 2 is 2.10 bits per heavy atom. The third-order valence-corrected chi connectivity index (χ3v) is 3.45. The van der Waals surface area contributed by atoms with Crippen molar-refractivity contribution < 1.29 is 4.74 Å². The number of nitrogens with two attached hydrogens (primary N) is 1. The van der Waals surface area contributed by atoms with E-state index in [-0.39, 0.29) is 0 Å². The molecule has 3 rings (SSSR count). The second-order valence-electron chi connectivity index (χ2n) is 5.15. The molecule has 3 aromatic rings. The number of imidazole rings is 1. The summed E-state index contributed by atoms with van der Waals surface area (Å²) in [6.45, 7) is 3.62. The zero-order valence-electron chi connectivity index (χ0n) is 11.7. The van der Waals surface area contributed by atoms with Crippen molar-refractivity contribution in [3.8, 4) is 0 Å². The van der Waals surface area contributed by atoms with Gasteiger partial charge >= 0.3 is 0 Å². The van der Waals surface area contributed by atoms with Crippen molar-refractivity contribution in [2.75, 3.05) is 19.5 Å². The van der Waals surface area contributed by atoms with Crippen LogP contribution in [0.3, 0.4) is 0 Å². The van der Waals surface area contributed by atoms with E-state index < -0.39 is 0 Å². The molecule has 20 heavy (non-hydrogen) atoms. The van der Waals surface area contributed by atoms with Crippen LogP contribution in [-0.2, 0) is 11.3 Å². The Kier molecular flexibility index (Phi) is 3.28. The van der Waals surface area contributed by atoms with E-state index >= 15 is 0 Å². The number of hydrogen-bond donors (Lipinski definition) is 1. The van der Waals surface area contributed by atoms with E-state index in [1.807, 2.05) is 18.2 Å². The number of rotatable bonds is 4. The van der Waals surface area contributed by atoms with Crippen molar-refractivity contribution in [3.05, 3.63) is 30.5 Å². The van der Waals surface area contributed by atoms with Gasteiger partial charge in [-0.1, -0.05) is 25.1 Å². The number of hydrogen-bond acceptors (Lipinski definition) is 4. The van der Waals surface area contributed by atoms with Gasteiger partial charge in [-0.15, -0.1) is 0 Å². The lowest BCUT2D eigenvalue weighted by Gasteiger charge is -2.13. The van der Waals surface area contributed by atoms with Gasteiger partial charge in [-0.25, -0.2) is 4.98 Å². The number of nitrogen functional groups attached to an aromatic ring is 1. The molecule has 0 aliphatic heterocycles. The Morgan fingerprint density at radius 3 is 2.90 bits per heavy atom. The monoisotopic (exact) mass is 270 g/mol. The Labute approximate surface area is 117 Å². The summed E-state index contributed by atoms with van der Waals surface area (Å²) in [6.07, 6.45) is 1.78. The van der Waals surface area contributed by atoms with Crippen LogP contribution in [0.1, 0.15) is 6.92 Å². The van der Waals surface area contributed by atoms with Gasteiger partial charge in [0.1, 0.15) is 5.52 Å². The number of pyridine rings is 1. The molecule has 2 aromatic heterocycles. The predicted octanol–water partition coefficient (Wildman–Crippen LogP) is 2.45. The fraction of sp³-hybridized carbons (Fsp3) is 0.333. The summed E-state index contributed by atoms with van der Waals surface area (Å²) in [5, 5.41) is 1.08. The van der Waals surface area contributed by atoms with Crippen LogP contribution in [0.2, 0.25) is 0 Å². The molecular formula is C15H18N4O. The molecule has 1 aromatic carbocycles. The van der Waals surface area contributed by atoms with Crippen LogP contribution < -0.4 is 5.73 Å². The largest absolute Gasteiger partial charge is 0.384 e. The summed E-state index contributed by atoms with van der Waals surface area (Å²) in [5.74, 6) is 0.896. The van der Waals surface area contributed by atoms with Gasteiger partial charge in [0.05, 0.1) is 23.8 Å². The molecular weight excluding hydrogens is 252 g/mol. The maximum absolute atomic E-state index is 6.07. The number of anilines is 1. The normalized spacial score (nSPS) is 13.1. The van der Waals surface area contributed by atoms with Gasteiger partial charge in [0, 0.05) is 19.0 Å². The number of fused-ring (bicyclic) bond motifs is 3. The number of benzene rings is 1. The smallest absolute Gasteiger partial charge is 0.201 e. The van der Waals surface area contributed by atoms with E-state index in [0.29, 0.717) is 18.5 Å². The van der Waals surface area contributed by atoms with Crippen molar-refractivity contribution >= 4 is 27.9 Å². The van der Waals surface area contributed by atoms with Crippen LogP contribution in [0.25, 0.3) is 21.9 Å². The molecule has 2 N–H and O–H groups in total. The highest BCUT2D eigenvalue weighted by Crippen LogP contribution is 2.26. The second-order valence-corrected chi connectivity index (χ2v) is 5.15. The van der Waals surface area contributed by atoms with Crippen LogP contribution in [-0.4, -0.2) is 28.3 Å². The Morgan fingerprint density at radius 1 is 1.30 bits per heavy atom. The van der Waals surface area contributed by atoms with Gasteiger partial charge < -0.3 is 15.0 Å². The molecule has 2 heterocycles. The van der Waals surface area contributed by atoms with Crippen molar-refractivity contribution in [1.29, 1.82) is 0 Å². The summed E-state index contributed by atoms with van der Waals surface area (Å²) in [6, 6.07) is 8.05. The van der Waals surface area contributed by atoms with Crippen LogP contribution in [0.15, 0.2) is 30.5 Å². The SMILES string of the molecule is COCC(C)Cn1c(N)nc2cnc3ccccc3c21. The number of para-hydroxylation sites is 1. The summed E-state index contributed by atoms with van der Waals surface area (Å²) < 4.78 is 7.26. The van der Waals surface area contributed by atoms with Crippen molar-refractivity contribution in [3.63, 3.8) is 0 Å². The quantitative estimate of drug-likeness (QED) is 0.790. The van der Waals surface area contributed by atoms with Crippen LogP contribution >= 0.6 is 0 Å². The highest BCUT2D eigenvalue weighted by atomic mass is 16.5. The van der Waals surface area contributed by atoms with Gasteiger partial charge in [0.2, 0.25) is 5.95 Å². The maximum Gasteiger partial charge on any atom is 0.201 e. The number of methoxy groups -OCH3 is 1. The second kappa shape index (κ2) is 5.09. The lowest BCUT2D eigenvalue weighted by molar-refractivity contribution is 0.152. The molecule has 0 aliphatic rings. The number of nitrogens with zero attached hydrogens (tertiary/aromatic N) is 3. The Bertz CT molecular complexity index is 750. The molecule has 1 unspecified atom stereocenters. The van der Waals surface area contributed by atoms with Gasteiger partial charge in [0.25, 0.3) is 0 Å². The summed E-state index contributed by atoms with van der Waals surface area (Å²) in [7, 11) is 1.71. The summed E-state index contributed by atoms with van der Waals surface area (Å²) in [4.78, 5) is 8.84. The average molecular weight is 270 g/mol. The average Bonchev–Trinajstić information content (AvgIpc) is 2.76. The van der Waals surface area contributed by atoms with E-state index in [2.05, 4.69) is 27.5 Å². The zero-order valence-corrected chi connectivity index (χ0v) is 11.7. The van der Waals surface area contributed by atoms with Crippen LogP contribution in [0, 0.1) is 5.92 Å². The van der Waals surface area contributed by atoms with E-state index in [9.17, 15) is 0 Å². The highest BCUT2D eigenvalue weighted by Gasteiger charge is 2.14. The topological polar surface area (TPSA) is 66.0 Å². The molecule has 5 nitrogen and oxygen atoms in total.